The van der Waals surface area contributed by atoms with E-state index in [1.54, 1.807) is 18.5 Å². The molecular weight excluding hydrogens is 702 g/mol. The molecule has 0 aliphatic heterocycles. The first kappa shape index (κ1) is 32.4. The summed E-state index contributed by atoms with van der Waals surface area (Å²) in [6.45, 7) is 0. The summed E-state index contributed by atoms with van der Waals surface area (Å²) in [6, 6.07) is 50.2. The van der Waals surface area contributed by atoms with Gasteiger partial charge in [0.05, 0.1) is 0 Å². The van der Waals surface area contributed by atoms with E-state index in [4.69, 9.17) is 31.1 Å². The lowest BCUT2D eigenvalue weighted by molar-refractivity contribution is 0.480. The van der Waals surface area contributed by atoms with Gasteiger partial charge >= 0.3 is 0 Å². The van der Waals surface area contributed by atoms with Gasteiger partial charge in [0.25, 0.3) is 0 Å². The van der Waals surface area contributed by atoms with Gasteiger partial charge in [0.15, 0.2) is 23.2 Å². The third kappa shape index (κ3) is 5.48. The lowest BCUT2D eigenvalue weighted by atomic mass is 9.83. The van der Waals surface area contributed by atoms with E-state index < -0.39 is 0 Å². The van der Waals surface area contributed by atoms with E-state index in [0.717, 1.165) is 71.3 Å². The van der Waals surface area contributed by atoms with Gasteiger partial charge in [0.1, 0.15) is 28.6 Å². The highest BCUT2D eigenvalue weighted by atomic mass is 35.5. The molecule has 10 rings (SSSR count). The summed E-state index contributed by atoms with van der Waals surface area (Å²) in [6.07, 6.45) is 3.44. The van der Waals surface area contributed by atoms with Crippen LogP contribution < -0.4 is 4.29 Å². The first-order valence-electron chi connectivity index (χ1n) is 17.8. The predicted molar refractivity (Wildman–Crippen MR) is 221 cm³/mol. The molecule has 55 heavy (non-hydrogen) atoms. The van der Waals surface area contributed by atoms with Gasteiger partial charge < -0.3 is 9.40 Å². The van der Waals surface area contributed by atoms with E-state index in [-0.39, 0.29) is 5.75 Å². The van der Waals surface area contributed by atoms with Crippen molar-refractivity contribution in [2.75, 3.05) is 0 Å². The molecule has 3 aromatic heterocycles. The number of phenols is 1. The molecule has 7 nitrogen and oxygen atoms in total. The lowest BCUT2D eigenvalue weighted by Gasteiger charge is -2.20. The SMILES string of the molecule is Oc1ccc(-c2c3ccccc3c(-c3ccc(OCl)c4ncccc34)c3cc(-c4nc(-c5ccccc5)nc(-c5ccccc5)n4)ccc23)c2cccnc12. The number of aromatic hydroxyl groups is 1. The second kappa shape index (κ2) is 13.3. The first-order valence-corrected chi connectivity index (χ1v) is 18.1. The second-order valence-corrected chi connectivity index (χ2v) is 13.4. The van der Waals surface area contributed by atoms with Gasteiger partial charge in [0, 0.05) is 39.9 Å². The Labute approximate surface area is 320 Å². The first-order chi connectivity index (χ1) is 27.2. The smallest absolute Gasteiger partial charge is 0.172 e. The minimum Gasteiger partial charge on any atom is -0.506 e. The molecule has 0 radical (unpaired) electrons. The number of nitrogens with zero attached hydrogens (tertiary/aromatic N) is 5. The number of halogens is 1. The number of rotatable bonds is 6. The van der Waals surface area contributed by atoms with E-state index in [2.05, 4.69) is 52.4 Å². The number of benzene rings is 7. The molecule has 0 atom stereocenters. The summed E-state index contributed by atoms with van der Waals surface area (Å²) in [7, 11) is 0. The Kier molecular flexibility index (Phi) is 7.86. The van der Waals surface area contributed by atoms with Gasteiger partial charge in [-0.2, -0.15) is 0 Å². The van der Waals surface area contributed by atoms with Crippen molar-refractivity contribution < 1.29 is 9.40 Å². The van der Waals surface area contributed by atoms with Crippen molar-refractivity contribution in [3.8, 4) is 67.9 Å². The van der Waals surface area contributed by atoms with Crippen LogP contribution in [0, 0.1) is 0 Å². The van der Waals surface area contributed by atoms with Crippen LogP contribution in [-0.2, 0) is 0 Å². The van der Waals surface area contributed by atoms with Gasteiger partial charge in [-0.05, 0) is 86.3 Å². The molecule has 0 amide bonds. The Hall–Kier alpha value is -7.22. The maximum absolute atomic E-state index is 10.9. The summed E-state index contributed by atoms with van der Waals surface area (Å²) in [5.74, 6) is 2.32. The van der Waals surface area contributed by atoms with Crippen LogP contribution in [0.5, 0.6) is 11.5 Å². The quantitative estimate of drug-likeness (QED) is 0.170. The number of fused-ring (bicyclic) bond motifs is 4. The molecule has 0 saturated carbocycles. The highest BCUT2D eigenvalue weighted by Crippen LogP contribution is 2.48. The average Bonchev–Trinajstić information content (AvgIpc) is 3.26. The second-order valence-electron chi connectivity index (χ2n) is 13.2. The standard InChI is InChI=1S/C47H28ClN5O2/c48-55-40-24-22-34(37-18-10-26-50-44(37)40)42-32-16-8-7-15-31(32)41(33-21-23-39(54)43-36(33)17-9-25-49-43)35-20-19-30(27-38(35)42)47-52-45(28-11-3-1-4-12-28)51-46(53-47)29-13-5-2-6-14-29/h1-27,54H. The zero-order valence-corrected chi connectivity index (χ0v) is 29.8. The summed E-state index contributed by atoms with van der Waals surface area (Å²) in [4.78, 5) is 24.3. The van der Waals surface area contributed by atoms with E-state index in [0.29, 0.717) is 34.3 Å². The van der Waals surface area contributed by atoms with Crippen LogP contribution in [0.1, 0.15) is 0 Å². The van der Waals surface area contributed by atoms with Crippen LogP contribution >= 0.6 is 11.9 Å². The van der Waals surface area contributed by atoms with Gasteiger partial charge in [-0.25, -0.2) is 15.0 Å². The largest absolute Gasteiger partial charge is 0.506 e. The molecule has 3 heterocycles. The molecule has 0 unspecified atom stereocenters. The van der Waals surface area contributed by atoms with Crippen LogP contribution in [-0.4, -0.2) is 30.0 Å². The summed E-state index contributed by atoms with van der Waals surface area (Å²) >= 11 is 5.96. The zero-order chi connectivity index (χ0) is 36.9. The molecule has 0 spiro atoms. The molecular formula is C47H28ClN5O2. The van der Waals surface area contributed by atoms with Gasteiger partial charge in [-0.3, -0.25) is 9.97 Å². The third-order valence-corrected chi connectivity index (χ3v) is 10.3. The number of pyridine rings is 2. The van der Waals surface area contributed by atoms with Crippen LogP contribution in [0.15, 0.2) is 164 Å². The minimum atomic E-state index is 0.130. The normalized spacial score (nSPS) is 11.4. The summed E-state index contributed by atoms with van der Waals surface area (Å²) < 4.78 is 5.25. The topological polar surface area (TPSA) is 93.9 Å². The van der Waals surface area contributed by atoms with Crippen LogP contribution in [0.4, 0.5) is 0 Å². The Balaban J connectivity index is 1.34. The maximum Gasteiger partial charge on any atom is 0.172 e. The van der Waals surface area contributed by atoms with Crippen molar-refractivity contribution in [2.24, 2.45) is 0 Å². The number of phenolic OH excluding ortho intramolecular Hbond substituents is 1. The number of hydrogen-bond donors (Lipinski definition) is 1. The fourth-order valence-corrected chi connectivity index (χ4v) is 7.76. The molecule has 1 N–H and O–H groups in total. The van der Waals surface area contributed by atoms with Crippen molar-refractivity contribution >= 4 is 55.2 Å². The van der Waals surface area contributed by atoms with Crippen LogP contribution in [0.3, 0.4) is 0 Å². The average molecular weight is 730 g/mol. The van der Waals surface area contributed by atoms with Gasteiger partial charge in [0.2, 0.25) is 0 Å². The molecule has 260 valence electrons. The Bertz CT molecular complexity index is 3050. The maximum atomic E-state index is 10.9. The van der Waals surface area contributed by atoms with Crippen molar-refractivity contribution in [1.29, 1.82) is 0 Å². The molecule has 10 aromatic rings. The Morgan fingerprint density at radius 1 is 0.418 bits per heavy atom. The van der Waals surface area contributed by atoms with Crippen molar-refractivity contribution in [1.82, 2.24) is 24.9 Å². The van der Waals surface area contributed by atoms with E-state index in [9.17, 15) is 5.11 Å². The van der Waals surface area contributed by atoms with E-state index in [1.165, 1.54) is 0 Å². The van der Waals surface area contributed by atoms with E-state index >= 15 is 0 Å². The molecule has 0 saturated heterocycles. The molecule has 0 aliphatic rings. The zero-order valence-electron chi connectivity index (χ0n) is 29.1. The lowest BCUT2D eigenvalue weighted by Crippen LogP contribution is -2.00. The van der Waals surface area contributed by atoms with Crippen molar-refractivity contribution in [3.63, 3.8) is 0 Å². The number of hydrogen-bond acceptors (Lipinski definition) is 7. The monoisotopic (exact) mass is 729 g/mol. The van der Waals surface area contributed by atoms with E-state index in [1.807, 2.05) is 103 Å². The minimum absolute atomic E-state index is 0.130. The molecule has 0 aliphatic carbocycles. The summed E-state index contributed by atoms with van der Waals surface area (Å²) in [5.41, 5.74) is 7.76. The fourth-order valence-electron chi connectivity index (χ4n) is 7.64. The van der Waals surface area contributed by atoms with Crippen molar-refractivity contribution in [3.05, 3.63) is 164 Å². The Morgan fingerprint density at radius 3 is 1.53 bits per heavy atom. The Morgan fingerprint density at radius 2 is 0.909 bits per heavy atom. The molecule has 7 aromatic carbocycles. The molecule has 0 fully saturated rings. The summed E-state index contributed by atoms with van der Waals surface area (Å²) in [5, 5.41) is 16.7. The van der Waals surface area contributed by atoms with Crippen molar-refractivity contribution in [2.45, 2.75) is 0 Å². The highest BCUT2D eigenvalue weighted by Gasteiger charge is 2.22. The number of aromatic nitrogens is 5. The molecule has 0 bridgehead atoms. The van der Waals surface area contributed by atoms with Crippen LogP contribution in [0.2, 0.25) is 0 Å². The highest BCUT2D eigenvalue weighted by molar-refractivity contribution is 6.26. The van der Waals surface area contributed by atoms with Gasteiger partial charge in [-0.1, -0.05) is 109 Å². The molecule has 8 heteroatoms. The third-order valence-electron chi connectivity index (χ3n) is 10.1. The van der Waals surface area contributed by atoms with Crippen LogP contribution in [0.25, 0.3) is 99.8 Å². The van der Waals surface area contributed by atoms with Gasteiger partial charge in [-0.15, -0.1) is 0 Å². The predicted octanol–water partition coefficient (Wildman–Crippen LogP) is 11.8. The fraction of sp³-hybridized carbons (Fsp3) is 0.